The minimum absolute atomic E-state index is 0.0397. The van der Waals surface area contributed by atoms with Gasteiger partial charge in [-0.1, -0.05) is 25.9 Å². The van der Waals surface area contributed by atoms with Crippen LogP contribution in [0.4, 0.5) is 5.69 Å². The van der Waals surface area contributed by atoms with Gasteiger partial charge in [-0.2, -0.15) is 0 Å². The average Bonchev–Trinajstić information content (AvgIpc) is 3.15. The minimum Gasteiger partial charge on any atom is -0.366 e. The van der Waals surface area contributed by atoms with E-state index in [9.17, 15) is 9.59 Å². The van der Waals surface area contributed by atoms with Gasteiger partial charge < -0.3 is 14.6 Å². The Morgan fingerprint density at radius 2 is 1.81 bits per heavy atom. The van der Waals surface area contributed by atoms with Gasteiger partial charge in [0, 0.05) is 12.6 Å². The van der Waals surface area contributed by atoms with Gasteiger partial charge in [0.1, 0.15) is 11.8 Å². The number of rotatable bonds is 4. The highest BCUT2D eigenvalue weighted by Crippen LogP contribution is 2.39. The Kier molecular flexibility index (Phi) is 5.62. The molecular formula is C23H34N4O4. The van der Waals surface area contributed by atoms with Gasteiger partial charge in [0.25, 0.3) is 11.5 Å². The summed E-state index contributed by atoms with van der Waals surface area (Å²) in [5.74, 6) is 0.179. The highest BCUT2D eigenvalue weighted by molar-refractivity contribution is 6.04. The van der Waals surface area contributed by atoms with E-state index < -0.39 is 5.91 Å². The van der Waals surface area contributed by atoms with Crippen LogP contribution in [-0.2, 0) is 11.8 Å². The van der Waals surface area contributed by atoms with Crippen LogP contribution >= 0.6 is 0 Å². The summed E-state index contributed by atoms with van der Waals surface area (Å²) < 4.78 is 15.5. The maximum absolute atomic E-state index is 13.0. The predicted octanol–water partition coefficient (Wildman–Crippen LogP) is 4.43. The molecule has 2 aromatic rings. The topological polar surface area (TPSA) is 91.3 Å². The Bertz CT molecular complexity index is 1040. The molecule has 2 fully saturated rings. The third-order valence-electron chi connectivity index (χ3n) is 6.95. The van der Waals surface area contributed by atoms with E-state index in [1.807, 2.05) is 25.6 Å². The van der Waals surface area contributed by atoms with Crippen LogP contribution in [-0.4, -0.2) is 26.5 Å². The van der Waals surface area contributed by atoms with Crippen molar-refractivity contribution in [2.45, 2.75) is 91.4 Å². The number of nitrogens with zero attached hydrogens (tertiary/aromatic N) is 3. The second kappa shape index (κ2) is 7.97. The summed E-state index contributed by atoms with van der Waals surface area (Å²) in [6.07, 6.45) is 5.93. The molecule has 0 unspecified atom stereocenters. The van der Waals surface area contributed by atoms with E-state index in [-0.39, 0.29) is 34.9 Å². The summed E-state index contributed by atoms with van der Waals surface area (Å²) in [6.45, 7) is 10.2. The fourth-order valence-corrected chi connectivity index (χ4v) is 4.60. The maximum atomic E-state index is 13.0. The van der Waals surface area contributed by atoms with Gasteiger partial charge in [-0.3, -0.25) is 14.3 Å². The lowest BCUT2D eigenvalue weighted by Crippen LogP contribution is -2.34. The molecule has 0 bridgehead atoms. The molecular weight excluding hydrogens is 396 g/mol. The van der Waals surface area contributed by atoms with Crippen molar-refractivity contribution in [2.24, 2.45) is 12.5 Å². The van der Waals surface area contributed by atoms with Crippen molar-refractivity contribution in [3.8, 4) is 0 Å². The Balaban J connectivity index is 1.55. The zero-order valence-corrected chi connectivity index (χ0v) is 19.4. The first kappa shape index (κ1) is 21.9. The molecule has 3 heterocycles. The van der Waals surface area contributed by atoms with Gasteiger partial charge in [0.2, 0.25) is 0 Å². The van der Waals surface area contributed by atoms with Crippen LogP contribution in [0.3, 0.4) is 0 Å². The van der Waals surface area contributed by atoms with Crippen molar-refractivity contribution in [2.75, 3.05) is 5.32 Å². The van der Waals surface area contributed by atoms with Gasteiger partial charge >= 0.3 is 0 Å². The Morgan fingerprint density at radius 1 is 1.13 bits per heavy atom. The van der Waals surface area contributed by atoms with Crippen molar-refractivity contribution < 1.29 is 14.1 Å². The molecule has 1 aliphatic heterocycles. The van der Waals surface area contributed by atoms with Crippen LogP contribution in [0.25, 0.3) is 0 Å². The normalized spacial score (nSPS) is 22.4. The Hall–Kier alpha value is -2.35. The summed E-state index contributed by atoms with van der Waals surface area (Å²) in [4.78, 5) is 25.9. The van der Waals surface area contributed by atoms with Crippen molar-refractivity contribution >= 4 is 11.6 Å². The van der Waals surface area contributed by atoms with E-state index in [4.69, 9.17) is 9.26 Å². The highest BCUT2D eigenvalue weighted by atomic mass is 16.5. The van der Waals surface area contributed by atoms with Gasteiger partial charge in [-0.05, 0) is 57.8 Å². The monoisotopic (exact) mass is 430 g/mol. The molecule has 4 rings (SSSR count). The van der Waals surface area contributed by atoms with Crippen LogP contribution in [0.15, 0.2) is 9.32 Å². The second-order valence-corrected chi connectivity index (χ2v) is 10.1. The number of hydrogen-bond acceptors (Lipinski definition) is 5. The third kappa shape index (κ3) is 3.86. The largest absolute Gasteiger partial charge is 0.366 e. The summed E-state index contributed by atoms with van der Waals surface area (Å²) in [5, 5.41) is 6.84. The number of hydrogen-bond donors (Lipinski definition) is 1. The standard InChI is InChI=1S/C23H34N4O4/c1-13-18(25-31-20(13)16-11-8-12-17(30-16)23(3,4)5)21(28)24-19-14(2)26(6)27(22(19)29)15-9-7-10-15/h15-17H,7-12H2,1-6H3,(H,24,28)/t16-,17+/m0/s1. The molecule has 31 heavy (non-hydrogen) atoms. The molecule has 0 aromatic carbocycles. The number of carbonyl (C=O) groups is 1. The fraction of sp³-hybridized carbons (Fsp3) is 0.696. The Morgan fingerprint density at radius 3 is 2.42 bits per heavy atom. The van der Waals surface area contributed by atoms with Crippen LogP contribution < -0.4 is 10.9 Å². The first-order chi connectivity index (χ1) is 14.6. The van der Waals surface area contributed by atoms with E-state index in [1.165, 1.54) is 0 Å². The van der Waals surface area contributed by atoms with Crippen LogP contribution in [0.5, 0.6) is 0 Å². The highest BCUT2D eigenvalue weighted by Gasteiger charge is 2.35. The number of anilines is 1. The van der Waals surface area contributed by atoms with Gasteiger partial charge in [-0.15, -0.1) is 0 Å². The second-order valence-electron chi connectivity index (χ2n) is 10.1. The quantitative estimate of drug-likeness (QED) is 0.775. The summed E-state index contributed by atoms with van der Waals surface area (Å²) >= 11 is 0. The van der Waals surface area contributed by atoms with Gasteiger partial charge in [-0.25, -0.2) is 4.68 Å². The zero-order chi connectivity index (χ0) is 22.5. The first-order valence-electron chi connectivity index (χ1n) is 11.3. The number of nitrogens with one attached hydrogen (secondary N) is 1. The lowest BCUT2D eigenvalue weighted by molar-refractivity contribution is -0.109. The molecule has 1 N–H and O–H groups in total. The molecule has 8 nitrogen and oxygen atoms in total. The molecule has 1 aliphatic carbocycles. The number of aromatic nitrogens is 3. The smallest absolute Gasteiger partial charge is 0.291 e. The predicted molar refractivity (Wildman–Crippen MR) is 117 cm³/mol. The molecule has 2 aliphatic rings. The molecule has 1 amide bonds. The Labute approximate surface area is 182 Å². The summed E-state index contributed by atoms with van der Waals surface area (Å²) in [5.41, 5.74) is 1.79. The van der Waals surface area contributed by atoms with E-state index >= 15 is 0 Å². The van der Waals surface area contributed by atoms with E-state index in [2.05, 4.69) is 31.2 Å². The number of carbonyl (C=O) groups excluding carboxylic acids is 1. The van der Waals surface area contributed by atoms with Crippen molar-refractivity contribution in [1.82, 2.24) is 14.5 Å². The van der Waals surface area contributed by atoms with Crippen molar-refractivity contribution in [3.63, 3.8) is 0 Å². The van der Waals surface area contributed by atoms with Crippen LogP contribution in [0.1, 0.15) is 98.9 Å². The number of ether oxygens (including phenoxy) is 1. The summed E-state index contributed by atoms with van der Waals surface area (Å²) in [7, 11) is 1.86. The van der Waals surface area contributed by atoms with Gasteiger partial charge in [0.05, 0.1) is 17.8 Å². The molecule has 1 saturated carbocycles. The van der Waals surface area contributed by atoms with E-state index in [0.29, 0.717) is 17.0 Å². The maximum Gasteiger partial charge on any atom is 0.291 e. The molecule has 1 saturated heterocycles. The van der Waals surface area contributed by atoms with Gasteiger partial charge in [0.15, 0.2) is 11.5 Å². The third-order valence-corrected chi connectivity index (χ3v) is 6.95. The number of amides is 1. The molecule has 8 heteroatoms. The molecule has 170 valence electrons. The van der Waals surface area contributed by atoms with Crippen molar-refractivity contribution in [1.29, 1.82) is 0 Å². The first-order valence-corrected chi connectivity index (χ1v) is 11.3. The van der Waals surface area contributed by atoms with E-state index in [1.54, 1.807) is 4.68 Å². The SMILES string of the molecule is Cc1c(C(=O)Nc2c(C)n(C)n(C3CCC3)c2=O)noc1[C@@H]1CCC[C@H](C(C)(C)C)O1. The lowest BCUT2D eigenvalue weighted by atomic mass is 9.83. The zero-order valence-electron chi connectivity index (χ0n) is 19.4. The average molecular weight is 431 g/mol. The molecule has 0 radical (unpaired) electrons. The molecule has 2 atom stereocenters. The lowest BCUT2D eigenvalue weighted by Gasteiger charge is -2.37. The molecule has 2 aromatic heterocycles. The van der Waals surface area contributed by atoms with Crippen LogP contribution in [0, 0.1) is 19.3 Å². The van der Waals surface area contributed by atoms with Crippen molar-refractivity contribution in [3.05, 3.63) is 33.1 Å². The summed E-state index contributed by atoms with van der Waals surface area (Å²) in [6, 6.07) is 0.210. The van der Waals surface area contributed by atoms with E-state index in [0.717, 1.165) is 44.2 Å². The minimum atomic E-state index is -0.428. The molecule has 0 spiro atoms. The fourth-order valence-electron chi connectivity index (χ4n) is 4.60. The van der Waals surface area contributed by atoms with Crippen LogP contribution in [0.2, 0.25) is 0 Å².